The molecule has 0 bridgehead atoms. The van der Waals surface area contributed by atoms with Crippen LogP contribution in [0.4, 0.5) is 9.59 Å². The van der Waals surface area contributed by atoms with Crippen LogP contribution in [0.3, 0.4) is 0 Å². The summed E-state index contributed by atoms with van der Waals surface area (Å²) >= 11 is 0. The number of nitrogens with zero attached hydrogens (tertiary/aromatic N) is 11. The number of carboxylic acid groups (broad SMARTS) is 1. The number of imide groups is 1. The number of rotatable bonds is 43. The number of aliphatic imine (C=N–C) groups is 2. The molecule has 4 aliphatic rings. The lowest BCUT2D eigenvalue weighted by Crippen LogP contribution is -2.44. The van der Waals surface area contributed by atoms with Crippen molar-refractivity contribution in [2.75, 3.05) is 79.8 Å². The third-order valence-electron chi connectivity index (χ3n) is 19.6. The zero-order valence-electron chi connectivity index (χ0n) is 79.4. The molecule has 0 spiro atoms. The molecule has 4 aromatic heterocycles. The molecule has 0 fully saturated rings. The maximum absolute atomic E-state index is 12.7. The number of aromatic nitrogens is 8. The summed E-state index contributed by atoms with van der Waals surface area (Å²) in [6.45, 7) is 27.2. The van der Waals surface area contributed by atoms with Crippen LogP contribution < -0.4 is 55.1 Å². The molecular formula is C92H131Cl4N15O25. The van der Waals surface area contributed by atoms with Crippen LogP contribution in [-0.4, -0.2) is 195 Å². The number of carbonyl (C=O) groups excluding carboxylic acids is 5. The minimum absolute atomic E-state index is 0. The second kappa shape index (κ2) is 60.5. The Labute approximate surface area is 816 Å². The smallest absolute Gasteiger partial charge is 0.419 e. The predicted octanol–water partition coefficient (Wildman–Crippen LogP) is 15.7. The Morgan fingerprint density at radius 1 is 0.412 bits per heavy atom. The van der Waals surface area contributed by atoms with Gasteiger partial charge in [0.05, 0.1) is 63.8 Å². The van der Waals surface area contributed by atoms with Gasteiger partial charge in [-0.05, 0) is 212 Å². The first-order valence-corrected chi connectivity index (χ1v) is 44.4. The fraction of sp³-hybridized carbons (Fsp3) is 0.554. The van der Waals surface area contributed by atoms with Crippen molar-refractivity contribution in [2.24, 2.45) is 27.2 Å². The van der Waals surface area contributed by atoms with E-state index in [-0.39, 0.29) is 163 Å². The Hall–Kier alpha value is -12.0. The van der Waals surface area contributed by atoms with Crippen molar-refractivity contribution >= 4 is 103 Å². The van der Waals surface area contributed by atoms with Gasteiger partial charge in [0.1, 0.15) is 11.2 Å². The molecule has 752 valence electrons. The second-order valence-electron chi connectivity index (χ2n) is 32.9. The topological polar surface area (TPSA) is 537 Å². The molecule has 44 heteroatoms. The van der Waals surface area contributed by atoms with Crippen LogP contribution in [0, 0.1) is 5.41 Å². The number of nitrogens with two attached hydrogens (primary N) is 3. The number of halogens is 4. The Kier molecular flexibility index (Phi) is 51.7. The quantitative estimate of drug-likeness (QED) is 0.00779. The molecule has 0 saturated heterocycles. The number of carbonyl (C=O) groups is 6. The number of nitrogens with one attached hydrogen (secondary N) is 1. The Morgan fingerprint density at radius 2 is 0.684 bits per heavy atom. The average molecular weight is 1990 g/mol. The van der Waals surface area contributed by atoms with Gasteiger partial charge < -0.3 is 107 Å². The highest BCUT2D eigenvalue weighted by atomic mass is 35.5. The van der Waals surface area contributed by atoms with Crippen LogP contribution in [0.5, 0.6) is 46.0 Å². The van der Waals surface area contributed by atoms with Crippen LogP contribution in [0.15, 0.2) is 101 Å². The summed E-state index contributed by atoms with van der Waals surface area (Å²) in [5.41, 5.74) is 18.6. The van der Waals surface area contributed by atoms with Crippen molar-refractivity contribution in [1.82, 2.24) is 45.5 Å². The van der Waals surface area contributed by atoms with Gasteiger partial charge in [-0.1, -0.05) is 44.9 Å². The van der Waals surface area contributed by atoms with Gasteiger partial charge in [0.25, 0.3) is 0 Å². The van der Waals surface area contributed by atoms with E-state index in [0.717, 1.165) is 72.1 Å². The van der Waals surface area contributed by atoms with Crippen molar-refractivity contribution in [2.45, 2.75) is 253 Å². The molecule has 0 saturated carbocycles. The minimum Gasteiger partial charge on any atom is -0.482 e. The van der Waals surface area contributed by atoms with E-state index in [1.807, 2.05) is 73.7 Å². The van der Waals surface area contributed by atoms with E-state index in [1.165, 1.54) is 0 Å². The van der Waals surface area contributed by atoms with E-state index in [2.05, 4.69) is 55.3 Å². The van der Waals surface area contributed by atoms with Crippen LogP contribution >= 0.6 is 49.6 Å². The third-order valence-corrected chi connectivity index (χ3v) is 19.6. The number of aryl methyl sites for hydroxylation is 4. The molecule has 8 N–H and O–H groups in total. The van der Waals surface area contributed by atoms with Gasteiger partial charge in [-0.3, -0.25) is 34.6 Å². The number of unbranched alkanes of at least 4 members (excludes halogenated alkanes) is 4. The van der Waals surface area contributed by atoms with Gasteiger partial charge in [0.15, 0.2) is 75.2 Å². The molecule has 8 heterocycles. The summed E-state index contributed by atoms with van der Waals surface area (Å²) in [6.07, 6.45) is 9.58. The first-order chi connectivity index (χ1) is 63.3. The summed E-state index contributed by atoms with van der Waals surface area (Å²) in [6, 6.07) is 22.3. The zero-order chi connectivity index (χ0) is 95.5. The lowest BCUT2D eigenvalue weighted by Gasteiger charge is -2.28. The summed E-state index contributed by atoms with van der Waals surface area (Å²) < 4.78 is 95.7. The van der Waals surface area contributed by atoms with Gasteiger partial charge in [-0.25, -0.2) is 14.5 Å². The molecule has 4 unspecified atom stereocenters. The Balaban J connectivity index is 0.000000372. The standard InChI is InChI=1S/C29H41N3O9.C21H28N4O5.C19H24N4O5.C19H25N3O5.C4H9NO.4ClH/c1-8-36-25(33)17-20(19-12-13-21-22(15-19)38-18-37-21)16-24-30-23(31-41-24)11-9-10-14-32(26(34)39-28(2,3)4)27(35)40-29(5,6)7;1-3-27-21(26)12-16(15-7-8-17-18(10-15)29-13-28-17)11-20-24-19(25-30-20)6-4-5-9-23-14(2)22;1-12(20)21-7-3-2-4-17-22-18(28-23-17)9-14(10-19(24)25)13-5-6-15-16(8-13)27-11-26-15;1-2-24-19(23)11-14(13-6-7-15-16(9-13)26-12-25-15)10-18-21-17(22-27-18)5-3-4-8-20;1-3-6-4(2)5;;;;/h12-13,15,20H,8-11,14,16-18H2,1-7H3;7-8,10,16H,3-6,9,11-13H2,1-2H3,(H2,22,23);5-6,8,14H,2-4,7,9-11H2,1H3,(H2,20,21)(H,24,25);6-7,9,14H,2-5,8,10-12,20H2,1H3;5H,3H2,1-2H3;4*1H. The van der Waals surface area contributed by atoms with Crippen LogP contribution in [-0.2, 0) is 99.0 Å². The number of aliphatic carboxylic acids is 1. The molecule has 40 nitrogen and oxygen atoms in total. The highest BCUT2D eigenvalue weighted by Gasteiger charge is 2.33. The SMILES string of the molecule is CC(N)=NCCCCc1noc(CC(CC(=O)O)c2ccc3c(c2)OCO3)n1.CCOC(=O)CC(Cc1nc(CCCCN(C(=O)OC(C)(C)C)C(=O)OC(C)(C)C)no1)c1ccc2c(c1)OCO2.CCOC(=O)CC(Cc1nc(CCCCN)no1)c1ccc2c(c1)OCO2.CCOC(=O)CC(Cc1nc(CCCCN=C(C)N)no1)c1ccc2c(c1)OCO2.CCOC(C)=N.Cl.Cl.Cl.Cl. The maximum atomic E-state index is 12.7. The highest BCUT2D eigenvalue weighted by Crippen LogP contribution is 2.41. The van der Waals surface area contributed by atoms with Crippen LogP contribution in [0.1, 0.15) is 260 Å². The number of amides is 2. The summed E-state index contributed by atoms with van der Waals surface area (Å²) in [4.78, 5) is 100. The average Bonchev–Trinajstić information content (AvgIpc) is 1.68. The summed E-state index contributed by atoms with van der Waals surface area (Å²) in [7, 11) is 0. The van der Waals surface area contributed by atoms with E-state index >= 15 is 0 Å². The van der Waals surface area contributed by atoms with Gasteiger partial charge in [0, 0.05) is 102 Å². The van der Waals surface area contributed by atoms with E-state index in [4.69, 9.17) is 102 Å². The Morgan fingerprint density at radius 3 is 0.934 bits per heavy atom. The molecule has 136 heavy (non-hydrogen) atoms. The fourth-order valence-electron chi connectivity index (χ4n) is 13.5. The first kappa shape index (κ1) is 116. The number of fused-ring (bicyclic) bond motifs is 4. The predicted molar refractivity (Wildman–Crippen MR) is 508 cm³/mol. The number of amidine groups is 2. The second-order valence-corrected chi connectivity index (χ2v) is 32.9. The molecular weight excluding hydrogens is 1860 g/mol. The summed E-state index contributed by atoms with van der Waals surface area (Å²) in [5.74, 6) is 8.34. The van der Waals surface area contributed by atoms with E-state index in [0.29, 0.717) is 202 Å². The third kappa shape index (κ3) is 42.1. The normalized spacial score (nSPS) is 13.1. The molecule has 12 rings (SSSR count). The zero-order valence-corrected chi connectivity index (χ0v) is 82.7. The monoisotopic (exact) mass is 1990 g/mol. The number of carboxylic acids is 1. The molecule has 2 amide bonds. The van der Waals surface area contributed by atoms with Crippen molar-refractivity contribution in [1.29, 1.82) is 5.41 Å². The van der Waals surface area contributed by atoms with Crippen molar-refractivity contribution in [3.63, 3.8) is 0 Å². The van der Waals surface area contributed by atoms with E-state index < -0.39 is 29.4 Å². The van der Waals surface area contributed by atoms with Crippen molar-refractivity contribution in [3.05, 3.63) is 142 Å². The lowest BCUT2D eigenvalue weighted by molar-refractivity contribution is -0.144. The maximum Gasteiger partial charge on any atom is 0.419 e. The largest absolute Gasteiger partial charge is 0.482 e. The number of ether oxygens (including phenoxy) is 14. The number of hydrogen-bond donors (Lipinski definition) is 5. The van der Waals surface area contributed by atoms with Crippen LogP contribution in [0.25, 0.3) is 0 Å². The molecule has 4 atom stereocenters. The molecule has 4 aromatic carbocycles. The number of benzene rings is 4. The number of hydrogen-bond acceptors (Lipinski definition) is 36. The van der Waals surface area contributed by atoms with Gasteiger partial charge in [0.2, 0.25) is 50.7 Å². The van der Waals surface area contributed by atoms with E-state index in [1.54, 1.807) is 89.2 Å². The molecule has 4 aliphatic heterocycles. The Bertz CT molecular complexity index is 5020. The van der Waals surface area contributed by atoms with Crippen LogP contribution in [0.2, 0.25) is 0 Å². The van der Waals surface area contributed by atoms with Gasteiger partial charge in [-0.2, -0.15) is 19.9 Å². The number of esters is 3. The van der Waals surface area contributed by atoms with Crippen molar-refractivity contribution < 1.29 is 118 Å². The summed E-state index contributed by atoms with van der Waals surface area (Å²) in [5, 5.41) is 32.1. The van der Waals surface area contributed by atoms with Gasteiger partial charge in [-0.15, -0.1) is 49.6 Å². The van der Waals surface area contributed by atoms with Gasteiger partial charge >= 0.3 is 36.1 Å². The first-order valence-electron chi connectivity index (χ1n) is 44.4. The molecule has 8 aromatic rings. The van der Waals surface area contributed by atoms with Crippen molar-refractivity contribution in [3.8, 4) is 46.0 Å². The molecule has 0 radical (unpaired) electrons. The molecule has 0 aliphatic carbocycles. The lowest BCUT2D eigenvalue weighted by atomic mass is 9.92. The minimum atomic E-state index is -0.891. The fourth-order valence-corrected chi connectivity index (χ4v) is 13.5. The van der Waals surface area contributed by atoms with E-state index in [9.17, 15) is 33.9 Å². The highest BCUT2D eigenvalue weighted by molar-refractivity contribution is 5.88.